The number of hydrogen-bond donors (Lipinski definition) is 2. The van der Waals surface area contributed by atoms with Crippen molar-refractivity contribution in [1.82, 2.24) is 10.3 Å². The second-order valence-corrected chi connectivity index (χ2v) is 8.53. The molecule has 6 nitrogen and oxygen atoms in total. The Hall–Kier alpha value is -2.05. The Morgan fingerprint density at radius 2 is 2.21 bits per heavy atom. The molecule has 1 fully saturated rings. The third kappa shape index (κ3) is 5.26. The van der Waals surface area contributed by atoms with E-state index in [2.05, 4.69) is 10.6 Å². The van der Waals surface area contributed by atoms with Crippen LogP contribution in [0.15, 0.2) is 24.3 Å². The summed E-state index contributed by atoms with van der Waals surface area (Å²) in [6.45, 7) is 8.89. The Kier molecular flexibility index (Phi) is 6.30. The summed E-state index contributed by atoms with van der Waals surface area (Å²) in [5.74, 6) is 0.694. The Morgan fingerprint density at radius 3 is 2.89 bits per heavy atom. The zero-order valence-corrected chi connectivity index (χ0v) is 17.6. The molecule has 1 aromatic carbocycles. The van der Waals surface area contributed by atoms with Crippen molar-refractivity contribution in [3.63, 3.8) is 0 Å². The van der Waals surface area contributed by atoms with Crippen LogP contribution >= 0.6 is 11.6 Å². The van der Waals surface area contributed by atoms with Crippen molar-refractivity contribution in [2.24, 2.45) is 0 Å². The molecule has 0 saturated carbocycles. The number of anilines is 1. The standard InChI is InChI=1S/C21H28ClN3O3/c1-13(24-20(26)28-21(2,3)4)16-11-14-7-5-9-17(22)18(14)25-19(16)23-12-15-8-6-10-27-15/h5,7,9,11,13,15H,6,8,10,12H2,1-4H3,(H,23,25)(H,24,26). The molecule has 2 heterocycles. The highest BCUT2D eigenvalue weighted by Crippen LogP contribution is 2.30. The fourth-order valence-corrected chi connectivity index (χ4v) is 3.45. The number of carbonyl (C=O) groups excluding carboxylic acids is 1. The van der Waals surface area contributed by atoms with E-state index in [1.165, 1.54) is 0 Å². The van der Waals surface area contributed by atoms with E-state index in [1.807, 2.05) is 52.0 Å². The van der Waals surface area contributed by atoms with Gasteiger partial charge >= 0.3 is 6.09 Å². The fourth-order valence-electron chi connectivity index (χ4n) is 3.23. The van der Waals surface area contributed by atoms with Crippen molar-refractivity contribution >= 4 is 34.4 Å². The van der Waals surface area contributed by atoms with Crippen LogP contribution in [-0.4, -0.2) is 35.9 Å². The van der Waals surface area contributed by atoms with Crippen LogP contribution in [0.1, 0.15) is 52.1 Å². The van der Waals surface area contributed by atoms with Crippen LogP contribution in [0.5, 0.6) is 0 Å². The number of benzene rings is 1. The van der Waals surface area contributed by atoms with Gasteiger partial charge in [0, 0.05) is 24.1 Å². The summed E-state index contributed by atoms with van der Waals surface area (Å²) >= 11 is 6.34. The van der Waals surface area contributed by atoms with Crippen LogP contribution in [0.2, 0.25) is 5.02 Å². The van der Waals surface area contributed by atoms with Gasteiger partial charge in [-0.25, -0.2) is 9.78 Å². The predicted octanol–water partition coefficient (Wildman–Crippen LogP) is 5.06. The number of rotatable bonds is 5. The van der Waals surface area contributed by atoms with Gasteiger partial charge in [0.15, 0.2) is 0 Å². The van der Waals surface area contributed by atoms with Crippen LogP contribution in [0, 0.1) is 0 Å². The van der Waals surface area contributed by atoms with Crippen molar-refractivity contribution in [2.45, 2.75) is 58.3 Å². The van der Waals surface area contributed by atoms with Crippen LogP contribution in [-0.2, 0) is 9.47 Å². The SMILES string of the molecule is CC(NC(=O)OC(C)(C)C)c1cc2cccc(Cl)c2nc1NCC1CCCO1. The largest absolute Gasteiger partial charge is 0.444 e. The molecule has 1 aromatic heterocycles. The van der Waals surface area contributed by atoms with Crippen LogP contribution in [0.3, 0.4) is 0 Å². The molecular weight excluding hydrogens is 378 g/mol. The van der Waals surface area contributed by atoms with E-state index in [0.29, 0.717) is 17.4 Å². The second kappa shape index (κ2) is 8.53. The summed E-state index contributed by atoms with van der Waals surface area (Å²) in [7, 11) is 0. The molecule has 1 saturated heterocycles. The number of amides is 1. The van der Waals surface area contributed by atoms with Gasteiger partial charge in [-0.15, -0.1) is 0 Å². The smallest absolute Gasteiger partial charge is 0.408 e. The second-order valence-electron chi connectivity index (χ2n) is 8.12. The molecule has 0 aliphatic carbocycles. The maximum Gasteiger partial charge on any atom is 0.408 e. The number of carbonyl (C=O) groups is 1. The quantitative estimate of drug-likeness (QED) is 0.726. The number of aromatic nitrogens is 1. The Bertz CT molecular complexity index is 845. The number of para-hydroxylation sites is 1. The highest BCUT2D eigenvalue weighted by atomic mass is 35.5. The van der Waals surface area contributed by atoms with Crippen LogP contribution < -0.4 is 10.6 Å². The summed E-state index contributed by atoms with van der Waals surface area (Å²) in [5.41, 5.74) is 1.05. The Morgan fingerprint density at radius 1 is 1.43 bits per heavy atom. The summed E-state index contributed by atoms with van der Waals surface area (Å²) in [5, 5.41) is 7.80. The Balaban J connectivity index is 1.86. The van der Waals surface area contributed by atoms with Crippen molar-refractivity contribution < 1.29 is 14.3 Å². The molecule has 0 spiro atoms. The molecule has 1 aliphatic heterocycles. The maximum atomic E-state index is 12.2. The van der Waals surface area contributed by atoms with Gasteiger partial charge in [0.2, 0.25) is 0 Å². The van der Waals surface area contributed by atoms with Gasteiger partial charge in [0.1, 0.15) is 11.4 Å². The molecule has 0 radical (unpaired) electrons. The average Bonchev–Trinajstić information content (AvgIpc) is 3.11. The molecule has 2 atom stereocenters. The molecule has 7 heteroatoms. The van der Waals surface area contributed by atoms with Gasteiger partial charge in [0.05, 0.1) is 22.7 Å². The van der Waals surface area contributed by atoms with Crippen LogP contribution in [0.4, 0.5) is 10.6 Å². The van der Waals surface area contributed by atoms with E-state index in [9.17, 15) is 4.79 Å². The highest BCUT2D eigenvalue weighted by molar-refractivity contribution is 6.35. The molecule has 1 amide bonds. The van der Waals surface area contributed by atoms with Gasteiger partial charge < -0.3 is 20.1 Å². The van der Waals surface area contributed by atoms with Crippen molar-refractivity contribution in [3.8, 4) is 0 Å². The normalized spacial score (nSPS) is 18.1. The van der Waals surface area contributed by atoms with Crippen molar-refractivity contribution in [2.75, 3.05) is 18.5 Å². The number of nitrogens with zero attached hydrogens (tertiary/aromatic N) is 1. The number of pyridine rings is 1. The third-order valence-electron chi connectivity index (χ3n) is 4.55. The first-order chi connectivity index (χ1) is 13.2. The lowest BCUT2D eigenvalue weighted by Gasteiger charge is -2.23. The molecule has 2 N–H and O–H groups in total. The minimum atomic E-state index is -0.556. The maximum absolute atomic E-state index is 12.2. The fraction of sp³-hybridized carbons (Fsp3) is 0.524. The zero-order valence-electron chi connectivity index (χ0n) is 16.8. The van der Waals surface area contributed by atoms with E-state index in [-0.39, 0.29) is 12.1 Å². The topological polar surface area (TPSA) is 72.5 Å². The first kappa shape index (κ1) is 20.7. The average molecular weight is 406 g/mol. The molecule has 0 bridgehead atoms. The first-order valence-corrected chi connectivity index (χ1v) is 10.0. The van der Waals surface area contributed by atoms with E-state index in [0.717, 1.165) is 35.9 Å². The van der Waals surface area contributed by atoms with Crippen molar-refractivity contribution in [3.05, 3.63) is 34.9 Å². The van der Waals surface area contributed by atoms with E-state index >= 15 is 0 Å². The van der Waals surface area contributed by atoms with E-state index < -0.39 is 11.7 Å². The predicted molar refractivity (Wildman–Crippen MR) is 112 cm³/mol. The van der Waals surface area contributed by atoms with Gasteiger partial charge in [-0.1, -0.05) is 23.7 Å². The van der Waals surface area contributed by atoms with Crippen molar-refractivity contribution in [1.29, 1.82) is 0 Å². The summed E-state index contributed by atoms with van der Waals surface area (Å²) < 4.78 is 11.1. The number of fused-ring (bicyclic) bond motifs is 1. The molecule has 28 heavy (non-hydrogen) atoms. The van der Waals surface area contributed by atoms with E-state index in [1.54, 1.807) is 0 Å². The van der Waals surface area contributed by atoms with Gasteiger partial charge in [0.25, 0.3) is 0 Å². The third-order valence-corrected chi connectivity index (χ3v) is 4.85. The number of halogens is 1. The highest BCUT2D eigenvalue weighted by Gasteiger charge is 2.22. The number of hydrogen-bond acceptors (Lipinski definition) is 5. The zero-order chi connectivity index (χ0) is 20.3. The molecule has 2 unspecified atom stereocenters. The molecule has 152 valence electrons. The monoisotopic (exact) mass is 405 g/mol. The summed E-state index contributed by atoms with van der Waals surface area (Å²) in [6.07, 6.45) is 1.82. The van der Waals surface area contributed by atoms with Gasteiger partial charge in [-0.2, -0.15) is 0 Å². The Labute approximate surface area is 170 Å². The van der Waals surface area contributed by atoms with E-state index in [4.69, 9.17) is 26.1 Å². The lowest BCUT2D eigenvalue weighted by molar-refractivity contribution is 0.0508. The molecule has 1 aliphatic rings. The lowest BCUT2D eigenvalue weighted by atomic mass is 10.1. The first-order valence-electron chi connectivity index (χ1n) is 9.67. The minimum absolute atomic E-state index is 0.172. The minimum Gasteiger partial charge on any atom is -0.444 e. The number of alkyl carbamates (subject to hydrolysis) is 1. The molecule has 3 rings (SSSR count). The molecular formula is C21H28ClN3O3. The van der Waals surface area contributed by atoms with Crippen LogP contribution in [0.25, 0.3) is 10.9 Å². The summed E-state index contributed by atoms with van der Waals surface area (Å²) in [4.78, 5) is 17.0. The van der Waals surface area contributed by atoms with Gasteiger partial charge in [-0.3, -0.25) is 0 Å². The van der Waals surface area contributed by atoms with Gasteiger partial charge in [-0.05, 0) is 52.7 Å². The number of ether oxygens (including phenoxy) is 2. The number of nitrogens with one attached hydrogen (secondary N) is 2. The lowest BCUT2D eigenvalue weighted by Crippen LogP contribution is -2.34. The molecule has 2 aromatic rings. The summed E-state index contributed by atoms with van der Waals surface area (Å²) in [6, 6.07) is 7.39.